The van der Waals surface area contributed by atoms with E-state index in [9.17, 15) is 9.59 Å². The van der Waals surface area contributed by atoms with Crippen molar-refractivity contribution in [3.05, 3.63) is 23.8 Å². The lowest BCUT2D eigenvalue weighted by Gasteiger charge is -2.26. The molecule has 3 rings (SSSR count). The van der Waals surface area contributed by atoms with Crippen molar-refractivity contribution in [1.82, 2.24) is 20.4 Å². The van der Waals surface area contributed by atoms with Crippen LogP contribution in [0.15, 0.2) is 18.2 Å². The van der Waals surface area contributed by atoms with E-state index in [2.05, 4.69) is 34.3 Å². The molecule has 1 aromatic carbocycles. The minimum atomic E-state index is -0.226. The van der Waals surface area contributed by atoms with Crippen molar-refractivity contribution in [1.29, 1.82) is 0 Å². The first kappa shape index (κ1) is 26.3. The number of hydrogen-bond donors (Lipinski definition) is 2. The molecule has 1 saturated heterocycles. The molecule has 1 fully saturated rings. The van der Waals surface area contributed by atoms with Gasteiger partial charge in [-0.3, -0.25) is 19.4 Å². The fourth-order valence-electron chi connectivity index (χ4n) is 4.43. The fourth-order valence-corrected chi connectivity index (χ4v) is 4.43. The predicted octanol–water partition coefficient (Wildman–Crippen LogP) is 2.58. The summed E-state index contributed by atoms with van der Waals surface area (Å²) in [6.45, 7) is 15.5. The molecule has 0 radical (unpaired) electrons. The number of nitrogens with zero attached hydrogens (tertiary/aromatic N) is 2. The van der Waals surface area contributed by atoms with Crippen LogP contribution in [0.25, 0.3) is 0 Å². The molecule has 8 heteroatoms. The lowest BCUT2D eigenvalue weighted by Crippen LogP contribution is -2.46. The summed E-state index contributed by atoms with van der Waals surface area (Å²) in [6, 6.07) is 5.86. The third-order valence-electron chi connectivity index (χ3n) is 6.04. The van der Waals surface area contributed by atoms with E-state index in [1.54, 1.807) is 0 Å². The van der Waals surface area contributed by atoms with Gasteiger partial charge in [0.2, 0.25) is 11.8 Å². The normalized spacial score (nSPS) is 18.6. The van der Waals surface area contributed by atoms with E-state index in [1.165, 1.54) is 0 Å². The van der Waals surface area contributed by atoms with E-state index in [4.69, 9.17) is 9.47 Å². The maximum Gasteiger partial charge on any atom is 0.234 e. The maximum atomic E-state index is 13.0. The number of ether oxygens (including phenoxy) is 2. The van der Waals surface area contributed by atoms with Gasteiger partial charge in [-0.05, 0) is 63.9 Å². The standard InChI is InChI=1S/C26H42N4O4/c1-19(2)25(20-8-9-21-22(16-20)34-15-7-14-33-21)27-23(31)17-29-10-6-11-30(13-12-29)18-24(32)28-26(3,4)5/h8-9,16,19,25H,6-7,10-15,17-18H2,1-5H3,(H,27,31)(H,28,32)/t25-/m1/s1. The van der Waals surface area contributed by atoms with Gasteiger partial charge in [0, 0.05) is 25.0 Å². The highest BCUT2D eigenvalue weighted by molar-refractivity contribution is 5.79. The summed E-state index contributed by atoms with van der Waals surface area (Å²) in [4.78, 5) is 29.6. The average molecular weight is 475 g/mol. The molecule has 190 valence electrons. The Morgan fingerprint density at radius 3 is 2.15 bits per heavy atom. The van der Waals surface area contributed by atoms with Crippen LogP contribution in [0.2, 0.25) is 0 Å². The van der Waals surface area contributed by atoms with Gasteiger partial charge in [-0.2, -0.15) is 0 Å². The number of benzene rings is 1. The van der Waals surface area contributed by atoms with Crippen molar-refractivity contribution in [3.8, 4) is 11.5 Å². The van der Waals surface area contributed by atoms with Gasteiger partial charge in [0.25, 0.3) is 0 Å². The van der Waals surface area contributed by atoms with Crippen molar-refractivity contribution in [2.75, 3.05) is 52.5 Å². The second-order valence-electron chi connectivity index (χ2n) is 10.7. The molecule has 8 nitrogen and oxygen atoms in total. The van der Waals surface area contributed by atoms with Crippen LogP contribution in [-0.2, 0) is 9.59 Å². The molecule has 34 heavy (non-hydrogen) atoms. The summed E-state index contributed by atoms with van der Waals surface area (Å²) < 4.78 is 11.6. The highest BCUT2D eigenvalue weighted by Crippen LogP contribution is 2.34. The molecule has 2 heterocycles. The van der Waals surface area contributed by atoms with Crippen LogP contribution in [0, 0.1) is 5.92 Å². The number of fused-ring (bicyclic) bond motifs is 1. The van der Waals surface area contributed by atoms with E-state index in [1.807, 2.05) is 39.0 Å². The van der Waals surface area contributed by atoms with Crippen molar-refractivity contribution < 1.29 is 19.1 Å². The molecule has 0 aromatic heterocycles. The number of hydrogen-bond acceptors (Lipinski definition) is 6. The van der Waals surface area contributed by atoms with E-state index < -0.39 is 0 Å². The summed E-state index contributed by atoms with van der Waals surface area (Å²) in [5, 5.41) is 6.26. The summed E-state index contributed by atoms with van der Waals surface area (Å²) in [5.41, 5.74) is 0.802. The smallest absolute Gasteiger partial charge is 0.234 e. The molecule has 2 aliphatic rings. The Hall–Kier alpha value is -2.32. The quantitative estimate of drug-likeness (QED) is 0.632. The Morgan fingerprint density at radius 1 is 0.912 bits per heavy atom. The lowest BCUT2D eigenvalue weighted by molar-refractivity contribution is -0.124. The zero-order chi connectivity index (χ0) is 24.7. The third-order valence-corrected chi connectivity index (χ3v) is 6.04. The number of rotatable bonds is 7. The van der Waals surface area contributed by atoms with Gasteiger partial charge in [0.1, 0.15) is 0 Å². The molecule has 0 aliphatic carbocycles. The maximum absolute atomic E-state index is 13.0. The average Bonchev–Trinajstić information content (AvgIpc) is 3.10. The Kier molecular flexibility index (Phi) is 9.19. The lowest BCUT2D eigenvalue weighted by atomic mass is 9.95. The number of nitrogens with one attached hydrogen (secondary N) is 2. The Labute approximate surface area is 204 Å². The molecule has 0 unspecified atom stereocenters. The van der Waals surface area contributed by atoms with Crippen LogP contribution in [0.1, 0.15) is 59.1 Å². The van der Waals surface area contributed by atoms with Crippen molar-refractivity contribution in [3.63, 3.8) is 0 Å². The summed E-state index contributed by atoms with van der Waals surface area (Å²) >= 11 is 0. The first-order valence-electron chi connectivity index (χ1n) is 12.6. The Balaban J connectivity index is 1.53. The molecule has 1 aromatic rings. The zero-order valence-corrected chi connectivity index (χ0v) is 21.5. The second kappa shape index (κ2) is 11.9. The molecule has 1 atom stereocenters. The van der Waals surface area contributed by atoms with Gasteiger partial charge in [0.15, 0.2) is 11.5 Å². The van der Waals surface area contributed by atoms with Crippen LogP contribution in [-0.4, -0.2) is 79.6 Å². The first-order valence-corrected chi connectivity index (χ1v) is 12.6. The van der Waals surface area contributed by atoms with Crippen LogP contribution in [0.3, 0.4) is 0 Å². The molecule has 2 amide bonds. The topological polar surface area (TPSA) is 83.1 Å². The summed E-state index contributed by atoms with van der Waals surface area (Å²) in [5.74, 6) is 1.81. The van der Waals surface area contributed by atoms with Crippen LogP contribution in [0.5, 0.6) is 11.5 Å². The van der Waals surface area contributed by atoms with Crippen molar-refractivity contribution in [2.45, 2.75) is 59.0 Å². The van der Waals surface area contributed by atoms with Gasteiger partial charge in [0.05, 0.1) is 32.3 Å². The molecular formula is C26H42N4O4. The van der Waals surface area contributed by atoms with E-state index in [-0.39, 0.29) is 29.3 Å². The van der Waals surface area contributed by atoms with Crippen molar-refractivity contribution >= 4 is 11.8 Å². The predicted molar refractivity (Wildman–Crippen MR) is 133 cm³/mol. The monoisotopic (exact) mass is 474 g/mol. The van der Waals surface area contributed by atoms with E-state index >= 15 is 0 Å². The highest BCUT2D eigenvalue weighted by atomic mass is 16.5. The second-order valence-corrected chi connectivity index (χ2v) is 10.7. The summed E-state index contributed by atoms with van der Waals surface area (Å²) in [6.07, 6.45) is 1.80. The van der Waals surface area contributed by atoms with Gasteiger partial charge in [-0.25, -0.2) is 0 Å². The Morgan fingerprint density at radius 2 is 1.53 bits per heavy atom. The van der Waals surface area contributed by atoms with Crippen LogP contribution in [0.4, 0.5) is 0 Å². The van der Waals surface area contributed by atoms with Crippen LogP contribution < -0.4 is 20.1 Å². The van der Waals surface area contributed by atoms with Crippen LogP contribution >= 0.6 is 0 Å². The molecule has 2 aliphatic heterocycles. The number of amides is 2. The highest BCUT2D eigenvalue weighted by Gasteiger charge is 2.24. The van der Waals surface area contributed by atoms with Gasteiger partial charge >= 0.3 is 0 Å². The largest absolute Gasteiger partial charge is 0.490 e. The minimum absolute atomic E-state index is 0.0183. The minimum Gasteiger partial charge on any atom is -0.490 e. The van der Waals surface area contributed by atoms with Crippen molar-refractivity contribution in [2.24, 2.45) is 5.92 Å². The van der Waals surface area contributed by atoms with Gasteiger partial charge < -0.3 is 20.1 Å². The summed E-state index contributed by atoms with van der Waals surface area (Å²) in [7, 11) is 0. The molecule has 0 spiro atoms. The Bertz CT molecular complexity index is 837. The number of carbonyl (C=O) groups excluding carboxylic acids is 2. The van der Waals surface area contributed by atoms with Gasteiger partial charge in [-0.1, -0.05) is 19.9 Å². The SMILES string of the molecule is CC(C)[C@@H](NC(=O)CN1CCCN(CC(=O)NC(C)(C)C)CC1)c1ccc2c(c1)OCCCO2. The zero-order valence-electron chi connectivity index (χ0n) is 21.5. The third kappa shape index (κ3) is 8.17. The molecule has 0 bridgehead atoms. The molecular weight excluding hydrogens is 432 g/mol. The van der Waals surface area contributed by atoms with E-state index in [0.717, 1.165) is 56.1 Å². The molecule has 0 saturated carbocycles. The first-order chi connectivity index (χ1) is 16.1. The van der Waals surface area contributed by atoms with E-state index in [0.29, 0.717) is 26.3 Å². The molecule has 2 N–H and O–H groups in total. The fraction of sp³-hybridized carbons (Fsp3) is 0.692. The van der Waals surface area contributed by atoms with Gasteiger partial charge in [-0.15, -0.1) is 0 Å². The number of carbonyl (C=O) groups is 2.